The predicted molar refractivity (Wildman–Crippen MR) is 119 cm³/mol. The third-order valence-corrected chi connectivity index (χ3v) is 6.94. The van der Waals surface area contributed by atoms with Crippen molar-refractivity contribution in [2.45, 2.75) is 57.3 Å². The summed E-state index contributed by atoms with van der Waals surface area (Å²) in [5, 5.41) is 0.967. The molecule has 1 saturated carbocycles. The average molecular weight is 456 g/mol. The Kier molecular flexibility index (Phi) is 6.91. The Bertz CT molecular complexity index is 935. The van der Waals surface area contributed by atoms with Crippen molar-refractivity contribution in [1.82, 2.24) is 4.90 Å². The Morgan fingerprint density at radius 2 is 1.73 bits per heavy atom. The molecule has 0 spiro atoms. The molecule has 162 valence electrons. The van der Waals surface area contributed by atoms with Crippen LogP contribution in [0.1, 0.15) is 54.9 Å². The smallest absolute Gasteiger partial charge is 0.293 e. The van der Waals surface area contributed by atoms with Gasteiger partial charge in [-0.15, -0.1) is 0 Å². The summed E-state index contributed by atoms with van der Waals surface area (Å²) in [4.78, 5) is 2.27. The molecule has 1 nitrogen and oxygen atoms in total. The molecule has 30 heavy (non-hydrogen) atoms. The van der Waals surface area contributed by atoms with Crippen molar-refractivity contribution in [2.75, 3.05) is 7.05 Å². The highest BCUT2D eigenvalue weighted by molar-refractivity contribution is 6.42. The number of hydrogen-bond acceptors (Lipinski definition) is 1. The van der Waals surface area contributed by atoms with E-state index in [4.69, 9.17) is 23.2 Å². The highest BCUT2D eigenvalue weighted by atomic mass is 35.5. The molecule has 0 aromatic heterocycles. The van der Waals surface area contributed by atoms with Crippen molar-refractivity contribution < 1.29 is 13.2 Å². The van der Waals surface area contributed by atoms with E-state index in [-0.39, 0.29) is 0 Å². The zero-order valence-electron chi connectivity index (χ0n) is 17.4. The van der Waals surface area contributed by atoms with Gasteiger partial charge in [-0.2, -0.15) is 13.2 Å². The number of alkyl halides is 3. The molecule has 0 N–H and O–H groups in total. The van der Waals surface area contributed by atoms with Crippen LogP contribution in [0.2, 0.25) is 10.0 Å². The Morgan fingerprint density at radius 3 is 2.30 bits per heavy atom. The maximum Gasteiger partial charge on any atom is 0.416 e. The molecule has 2 aromatic carbocycles. The molecule has 1 fully saturated rings. The quantitative estimate of drug-likeness (QED) is 0.407. The highest BCUT2D eigenvalue weighted by Crippen LogP contribution is 2.45. The molecule has 2 aromatic rings. The standard InChI is InChI=1S/C24H26Cl2F3N/c1-4-23(30(3)18-11-12-18,14-6-7-17-10-13-21(25)22(26)15-17)19-8-5-9-20(16(19)2)24(27,28)29/h5-10,13,15,18H,4,11-12,14H2,1-3H3. The molecular weight excluding hydrogens is 430 g/mol. The van der Waals surface area contributed by atoms with E-state index in [1.54, 1.807) is 19.1 Å². The van der Waals surface area contributed by atoms with Crippen molar-refractivity contribution in [1.29, 1.82) is 0 Å². The van der Waals surface area contributed by atoms with Gasteiger partial charge in [0.05, 0.1) is 15.6 Å². The molecule has 0 saturated heterocycles. The fraction of sp³-hybridized carbons (Fsp3) is 0.417. The van der Waals surface area contributed by atoms with Crippen LogP contribution >= 0.6 is 23.2 Å². The predicted octanol–water partition coefficient (Wildman–Crippen LogP) is 8.12. The first-order valence-corrected chi connectivity index (χ1v) is 10.9. The second-order valence-electron chi connectivity index (χ2n) is 7.98. The van der Waals surface area contributed by atoms with Gasteiger partial charge in [0.2, 0.25) is 0 Å². The van der Waals surface area contributed by atoms with Gasteiger partial charge < -0.3 is 0 Å². The first-order chi connectivity index (χ1) is 14.1. The van der Waals surface area contributed by atoms with E-state index in [1.807, 2.05) is 38.3 Å². The van der Waals surface area contributed by atoms with E-state index in [0.29, 0.717) is 34.5 Å². The monoisotopic (exact) mass is 455 g/mol. The summed E-state index contributed by atoms with van der Waals surface area (Å²) in [5.41, 5.74) is 0.884. The van der Waals surface area contributed by atoms with Gasteiger partial charge in [-0.25, -0.2) is 0 Å². The Hall–Kier alpha value is -1.49. The Labute approximate surface area is 186 Å². The van der Waals surface area contributed by atoms with Crippen LogP contribution in [0.25, 0.3) is 6.08 Å². The zero-order valence-corrected chi connectivity index (χ0v) is 18.9. The average Bonchev–Trinajstić information content (AvgIpc) is 3.52. The van der Waals surface area contributed by atoms with Gasteiger partial charge in [0.25, 0.3) is 0 Å². The van der Waals surface area contributed by atoms with Crippen LogP contribution in [-0.4, -0.2) is 18.0 Å². The fourth-order valence-electron chi connectivity index (χ4n) is 4.29. The van der Waals surface area contributed by atoms with Gasteiger partial charge in [-0.1, -0.05) is 60.5 Å². The molecule has 0 heterocycles. The topological polar surface area (TPSA) is 3.24 Å². The van der Waals surface area contributed by atoms with Crippen LogP contribution in [0, 0.1) is 6.92 Å². The summed E-state index contributed by atoms with van der Waals surface area (Å²) in [6, 6.07) is 10.3. The lowest BCUT2D eigenvalue weighted by molar-refractivity contribution is -0.138. The van der Waals surface area contributed by atoms with Crippen LogP contribution in [0.15, 0.2) is 42.5 Å². The summed E-state index contributed by atoms with van der Waals surface area (Å²) < 4.78 is 40.8. The summed E-state index contributed by atoms with van der Waals surface area (Å²) in [6.07, 6.45) is 3.07. The van der Waals surface area contributed by atoms with Crippen molar-refractivity contribution in [3.63, 3.8) is 0 Å². The largest absolute Gasteiger partial charge is 0.416 e. The molecule has 1 aliphatic carbocycles. The minimum atomic E-state index is -4.37. The van der Waals surface area contributed by atoms with Crippen LogP contribution in [0.3, 0.4) is 0 Å². The zero-order chi connectivity index (χ0) is 22.1. The van der Waals surface area contributed by atoms with Gasteiger partial charge in [-0.3, -0.25) is 4.90 Å². The van der Waals surface area contributed by atoms with Gasteiger partial charge >= 0.3 is 6.18 Å². The summed E-state index contributed by atoms with van der Waals surface area (Å²) in [5.74, 6) is 0. The number of rotatable bonds is 7. The molecule has 6 heteroatoms. The number of hydrogen-bond donors (Lipinski definition) is 0. The van der Waals surface area contributed by atoms with E-state index < -0.39 is 17.3 Å². The first-order valence-electron chi connectivity index (χ1n) is 10.1. The number of halogens is 5. The van der Waals surface area contributed by atoms with Crippen LogP contribution in [0.5, 0.6) is 0 Å². The molecular formula is C24H26Cl2F3N. The van der Waals surface area contributed by atoms with E-state index in [0.717, 1.165) is 24.0 Å². The Morgan fingerprint density at radius 1 is 1.07 bits per heavy atom. The third kappa shape index (κ3) is 4.71. The highest BCUT2D eigenvalue weighted by Gasteiger charge is 2.43. The molecule has 0 aliphatic heterocycles. The van der Waals surface area contributed by atoms with Gasteiger partial charge in [-0.05, 0) is 74.5 Å². The molecule has 0 radical (unpaired) electrons. The number of nitrogens with zero attached hydrogens (tertiary/aromatic N) is 1. The lowest BCUT2D eigenvalue weighted by atomic mass is 9.78. The van der Waals surface area contributed by atoms with E-state index in [9.17, 15) is 13.2 Å². The van der Waals surface area contributed by atoms with Crippen LogP contribution in [0.4, 0.5) is 13.2 Å². The van der Waals surface area contributed by atoms with Crippen molar-refractivity contribution in [2.24, 2.45) is 0 Å². The lowest BCUT2D eigenvalue weighted by Crippen LogP contribution is -2.45. The van der Waals surface area contributed by atoms with Crippen molar-refractivity contribution in [3.8, 4) is 0 Å². The second-order valence-corrected chi connectivity index (χ2v) is 8.80. The van der Waals surface area contributed by atoms with Crippen molar-refractivity contribution >= 4 is 29.3 Å². The minimum absolute atomic E-state index is 0.308. The molecule has 1 aliphatic rings. The van der Waals surface area contributed by atoms with E-state index >= 15 is 0 Å². The second kappa shape index (κ2) is 8.94. The fourth-order valence-corrected chi connectivity index (χ4v) is 4.60. The third-order valence-electron chi connectivity index (χ3n) is 6.20. The maximum absolute atomic E-state index is 13.6. The Balaban J connectivity index is 2.02. The first kappa shape index (κ1) is 23.2. The maximum atomic E-state index is 13.6. The molecule has 0 bridgehead atoms. The van der Waals surface area contributed by atoms with Crippen molar-refractivity contribution in [3.05, 3.63) is 74.8 Å². The molecule has 1 unspecified atom stereocenters. The summed E-state index contributed by atoms with van der Waals surface area (Å²) in [6.45, 7) is 3.64. The molecule has 3 rings (SSSR count). The minimum Gasteiger partial charge on any atom is -0.293 e. The van der Waals surface area contributed by atoms with Crippen LogP contribution < -0.4 is 0 Å². The normalized spacial score (nSPS) is 17.0. The van der Waals surface area contributed by atoms with E-state index in [1.165, 1.54) is 12.1 Å². The summed E-state index contributed by atoms with van der Waals surface area (Å²) >= 11 is 12.1. The SMILES string of the molecule is CCC(CC=Cc1ccc(Cl)c(Cl)c1)(c1cccc(C(F)(F)F)c1C)N(C)C1CC1. The van der Waals surface area contributed by atoms with Gasteiger partial charge in [0.1, 0.15) is 0 Å². The lowest BCUT2D eigenvalue weighted by Gasteiger charge is -2.43. The number of benzene rings is 2. The van der Waals surface area contributed by atoms with E-state index in [2.05, 4.69) is 4.90 Å². The van der Waals surface area contributed by atoms with Gasteiger partial charge in [0.15, 0.2) is 0 Å². The van der Waals surface area contributed by atoms with Gasteiger partial charge in [0, 0.05) is 11.6 Å². The molecule has 1 atom stereocenters. The summed E-state index contributed by atoms with van der Waals surface area (Å²) in [7, 11) is 2.04. The van der Waals surface area contributed by atoms with Crippen LogP contribution in [-0.2, 0) is 11.7 Å². The molecule has 0 amide bonds.